The molecule has 108 valence electrons. The Morgan fingerprint density at radius 3 is 2.44 bits per heavy atom. The summed E-state index contributed by atoms with van der Waals surface area (Å²) in [4.78, 5) is 0. The first-order chi connectivity index (χ1) is 8.55. The third-order valence-electron chi connectivity index (χ3n) is 4.34. The quantitative estimate of drug-likeness (QED) is 0.727. The lowest BCUT2D eigenvalue weighted by Gasteiger charge is -2.35. The number of hydrogen-bond donors (Lipinski definition) is 1. The van der Waals surface area contributed by atoms with Gasteiger partial charge in [-0.2, -0.15) is 0 Å². The lowest BCUT2D eigenvalue weighted by Crippen LogP contribution is -2.47. The standard InChI is InChI=1S/C14H29NO2S/c1-4-6-7-10-18(16,17)14-11-12(5-2)8-9-13(14)15-3/h12-15H,4-11H2,1-3H3. The molecule has 3 nitrogen and oxygen atoms in total. The fourth-order valence-electron chi connectivity index (χ4n) is 3.01. The molecule has 1 N–H and O–H groups in total. The third-order valence-corrected chi connectivity index (χ3v) is 6.64. The molecule has 1 saturated carbocycles. The predicted molar refractivity (Wildman–Crippen MR) is 77.6 cm³/mol. The highest BCUT2D eigenvalue weighted by Crippen LogP contribution is 2.31. The van der Waals surface area contributed by atoms with Gasteiger partial charge in [0.05, 0.1) is 11.0 Å². The van der Waals surface area contributed by atoms with Crippen molar-refractivity contribution in [3.8, 4) is 0 Å². The van der Waals surface area contributed by atoms with Crippen LogP contribution in [0.1, 0.15) is 58.8 Å². The summed E-state index contributed by atoms with van der Waals surface area (Å²) in [5, 5.41) is 3.06. The molecule has 1 fully saturated rings. The Balaban J connectivity index is 2.68. The summed E-state index contributed by atoms with van der Waals surface area (Å²) in [6.07, 6.45) is 7.06. The fraction of sp³-hybridized carbons (Fsp3) is 1.00. The van der Waals surface area contributed by atoms with E-state index < -0.39 is 9.84 Å². The minimum absolute atomic E-state index is 0.155. The Morgan fingerprint density at radius 2 is 1.89 bits per heavy atom. The number of hydrogen-bond acceptors (Lipinski definition) is 3. The molecule has 18 heavy (non-hydrogen) atoms. The van der Waals surface area contributed by atoms with Crippen molar-refractivity contribution in [2.24, 2.45) is 5.92 Å². The second kappa shape index (κ2) is 7.49. The molecule has 3 atom stereocenters. The lowest BCUT2D eigenvalue weighted by molar-refractivity contribution is 0.296. The zero-order chi connectivity index (χ0) is 13.6. The molecule has 3 unspecified atom stereocenters. The van der Waals surface area contributed by atoms with Crippen molar-refractivity contribution >= 4 is 9.84 Å². The van der Waals surface area contributed by atoms with Crippen molar-refractivity contribution in [2.75, 3.05) is 12.8 Å². The van der Waals surface area contributed by atoms with Gasteiger partial charge in [0, 0.05) is 6.04 Å². The van der Waals surface area contributed by atoms with E-state index in [9.17, 15) is 8.42 Å². The predicted octanol–water partition coefficient (Wildman–Crippen LogP) is 2.76. The van der Waals surface area contributed by atoms with Gasteiger partial charge in [-0.05, 0) is 38.6 Å². The second-order valence-electron chi connectivity index (χ2n) is 5.60. The molecule has 0 bridgehead atoms. The Hall–Kier alpha value is -0.0900. The Bertz CT molecular complexity index is 327. The second-order valence-corrected chi connectivity index (χ2v) is 7.93. The van der Waals surface area contributed by atoms with E-state index in [4.69, 9.17) is 0 Å². The highest BCUT2D eigenvalue weighted by atomic mass is 32.2. The summed E-state index contributed by atoms with van der Waals surface area (Å²) in [7, 11) is -1.03. The summed E-state index contributed by atoms with van der Waals surface area (Å²) in [5.74, 6) is 0.973. The highest BCUT2D eigenvalue weighted by Gasteiger charge is 2.37. The fourth-order valence-corrected chi connectivity index (χ4v) is 5.26. The molecule has 0 aliphatic heterocycles. The summed E-state index contributed by atoms with van der Waals surface area (Å²) >= 11 is 0. The molecule has 1 rings (SSSR count). The number of nitrogens with one attached hydrogen (secondary N) is 1. The van der Waals surface area contributed by atoms with Crippen LogP contribution in [0.5, 0.6) is 0 Å². The summed E-state index contributed by atoms with van der Waals surface area (Å²) in [6.45, 7) is 4.28. The van der Waals surface area contributed by atoms with Gasteiger partial charge in [-0.3, -0.25) is 0 Å². The van der Waals surface area contributed by atoms with Gasteiger partial charge in [-0.25, -0.2) is 8.42 Å². The van der Waals surface area contributed by atoms with Gasteiger partial charge in [0.2, 0.25) is 0 Å². The minimum Gasteiger partial charge on any atom is -0.316 e. The van der Waals surface area contributed by atoms with Crippen molar-refractivity contribution < 1.29 is 8.42 Å². The Labute approximate surface area is 113 Å². The van der Waals surface area contributed by atoms with Crippen LogP contribution in [0, 0.1) is 5.92 Å². The number of unbranched alkanes of at least 4 members (excludes halogenated alkanes) is 2. The molecular formula is C14H29NO2S. The van der Waals surface area contributed by atoms with E-state index in [1.165, 1.54) is 6.42 Å². The zero-order valence-corrected chi connectivity index (χ0v) is 12.9. The van der Waals surface area contributed by atoms with Gasteiger partial charge in [-0.15, -0.1) is 0 Å². The maximum Gasteiger partial charge on any atom is 0.154 e. The molecule has 0 aromatic rings. The first-order valence-electron chi connectivity index (χ1n) is 7.44. The van der Waals surface area contributed by atoms with Crippen LogP contribution in [-0.2, 0) is 9.84 Å². The van der Waals surface area contributed by atoms with Crippen LogP contribution in [0.2, 0.25) is 0 Å². The molecule has 1 aliphatic rings. The number of sulfone groups is 1. The molecular weight excluding hydrogens is 246 g/mol. The van der Waals surface area contributed by atoms with Crippen molar-refractivity contribution in [1.29, 1.82) is 0 Å². The van der Waals surface area contributed by atoms with E-state index in [-0.39, 0.29) is 11.3 Å². The molecule has 0 heterocycles. The van der Waals surface area contributed by atoms with Crippen molar-refractivity contribution in [3.05, 3.63) is 0 Å². The molecule has 0 radical (unpaired) electrons. The SMILES string of the molecule is CCCCCS(=O)(=O)C1CC(CC)CCC1NC. The van der Waals surface area contributed by atoms with E-state index in [0.29, 0.717) is 11.7 Å². The van der Waals surface area contributed by atoms with Gasteiger partial charge in [-0.1, -0.05) is 33.1 Å². The van der Waals surface area contributed by atoms with E-state index >= 15 is 0 Å². The molecule has 0 spiro atoms. The Morgan fingerprint density at radius 1 is 1.17 bits per heavy atom. The van der Waals surface area contributed by atoms with Crippen LogP contribution < -0.4 is 5.32 Å². The molecule has 1 aliphatic carbocycles. The molecule has 0 saturated heterocycles. The average Bonchev–Trinajstić information content (AvgIpc) is 2.38. The highest BCUT2D eigenvalue weighted by molar-refractivity contribution is 7.92. The first-order valence-corrected chi connectivity index (χ1v) is 9.15. The van der Waals surface area contributed by atoms with E-state index in [0.717, 1.165) is 38.5 Å². The van der Waals surface area contributed by atoms with E-state index in [1.54, 1.807) is 0 Å². The van der Waals surface area contributed by atoms with Gasteiger partial charge in [0.15, 0.2) is 9.84 Å². The van der Waals surface area contributed by atoms with Crippen LogP contribution in [-0.4, -0.2) is 32.5 Å². The van der Waals surface area contributed by atoms with Gasteiger partial charge < -0.3 is 5.32 Å². The van der Waals surface area contributed by atoms with Crippen molar-refractivity contribution in [1.82, 2.24) is 5.32 Å². The van der Waals surface area contributed by atoms with Crippen LogP contribution >= 0.6 is 0 Å². The van der Waals surface area contributed by atoms with Crippen molar-refractivity contribution in [3.63, 3.8) is 0 Å². The van der Waals surface area contributed by atoms with Gasteiger partial charge in [0.1, 0.15) is 0 Å². The Kier molecular flexibility index (Phi) is 6.64. The van der Waals surface area contributed by atoms with Crippen LogP contribution in [0.25, 0.3) is 0 Å². The van der Waals surface area contributed by atoms with Crippen molar-refractivity contribution in [2.45, 2.75) is 70.1 Å². The van der Waals surface area contributed by atoms with Crippen LogP contribution in [0.4, 0.5) is 0 Å². The average molecular weight is 275 g/mol. The lowest BCUT2D eigenvalue weighted by atomic mass is 9.84. The summed E-state index contributed by atoms with van der Waals surface area (Å²) < 4.78 is 24.9. The minimum atomic E-state index is -2.92. The van der Waals surface area contributed by atoms with Crippen LogP contribution in [0.3, 0.4) is 0 Å². The van der Waals surface area contributed by atoms with E-state index in [1.807, 2.05) is 7.05 Å². The van der Waals surface area contributed by atoms with Crippen LogP contribution in [0.15, 0.2) is 0 Å². The monoisotopic (exact) mass is 275 g/mol. The topological polar surface area (TPSA) is 46.2 Å². The zero-order valence-electron chi connectivity index (χ0n) is 12.1. The summed E-state index contributed by atoms with van der Waals surface area (Å²) in [6, 6.07) is 0.166. The van der Waals surface area contributed by atoms with E-state index in [2.05, 4.69) is 19.2 Å². The first kappa shape index (κ1) is 16.0. The normalized spacial score (nSPS) is 29.4. The molecule has 0 amide bonds. The van der Waals surface area contributed by atoms with Gasteiger partial charge in [0.25, 0.3) is 0 Å². The largest absolute Gasteiger partial charge is 0.316 e. The maximum absolute atomic E-state index is 12.5. The number of rotatable bonds is 7. The molecule has 0 aromatic heterocycles. The summed E-state index contributed by atoms with van der Waals surface area (Å²) in [5.41, 5.74) is 0. The third kappa shape index (κ3) is 4.23. The maximum atomic E-state index is 12.5. The smallest absolute Gasteiger partial charge is 0.154 e. The molecule has 4 heteroatoms. The van der Waals surface area contributed by atoms with Gasteiger partial charge >= 0.3 is 0 Å². The molecule has 0 aromatic carbocycles.